The summed E-state index contributed by atoms with van der Waals surface area (Å²) in [5.41, 5.74) is 5.94. The van der Waals surface area contributed by atoms with Crippen molar-refractivity contribution in [2.24, 2.45) is 0 Å². The molecule has 0 unspecified atom stereocenters. The van der Waals surface area contributed by atoms with E-state index in [4.69, 9.17) is 0 Å². The van der Waals surface area contributed by atoms with Crippen LogP contribution in [0, 0.1) is 27.7 Å². The van der Waals surface area contributed by atoms with Crippen LogP contribution in [0.4, 0.5) is 10.5 Å². The number of urea groups is 1. The Morgan fingerprint density at radius 1 is 0.906 bits per heavy atom. The molecule has 4 rings (SSSR count). The van der Waals surface area contributed by atoms with Gasteiger partial charge in [0.1, 0.15) is 5.57 Å². The third-order valence-corrected chi connectivity index (χ3v) is 6.52. The Bertz CT molecular complexity index is 1320. The van der Waals surface area contributed by atoms with Crippen LogP contribution in [0.1, 0.15) is 28.1 Å². The van der Waals surface area contributed by atoms with Gasteiger partial charge in [0.25, 0.3) is 11.8 Å². The number of benzene rings is 2. The Labute approximate surface area is 194 Å². The first-order chi connectivity index (χ1) is 15.2. The predicted octanol–water partition coefficient (Wildman–Crippen LogP) is 5.14. The number of aromatic nitrogens is 1. The van der Waals surface area contributed by atoms with Gasteiger partial charge in [0.15, 0.2) is 0 Å². The Hall–Kier alpha value is -3.45. The molecule has 0 spiro atoms. The maximum atomic E-state index is 13.2. The molecule has 0 bridgehead atoms. The van der Waals surface area contributed by atoms with Crippen LogP contribution in [-0.2, 0) is 9.59 Å². The standard InChI is InChI=1S/C25H22BrN3O3/c1-14-7-5-6-8-22(14)28-16(3)12-18(17(28)4)13-20-23(30)27-25(32)29(24(20)31)19-9-10-21(26)15(2)11-19/h5-13H,1-4H3,(H,27,30,32)/b20-13+. The fourth-order valence-corrected chi connectivity index (χ4v) is 4.18. The molecule has 6 nitrogen and oxygen atoms in total. The fourth-order valence-electron chi connectivity index (χ4n) is 3.93. The molecule has 0 saturated carbocycles. The highest BCUT2D eigenvalue weighted by Crippen LogP contribution is 2.28. The van der Waals surface area contributed by atoms with E-state index in [1.807, 2.05) is 58.0 Å². The molecule has 1 fully saturated rings. The Morgan fingerprint density at radius 3 is 2.31 bits per heavy atom. The van der Waals surface area contributed by atoms with E-state index in [2.05, 4.69) is 25.8 Å². The minimum Gasteiger partial charge on any atom is -0.318 e. The number of barbiturate groups is 1. The number of aryl methyl sites for hydroxylation is 3. The fraction of sp³-hybridized carbons (Fsp3) is 0.160. The smallest absolute Gasteiger partial charge is 0.318 e. The van der Waals surface area contributed by atoms with Gasteiger partial charge in [-0.05, 0) is 80.8 Å². The highest BCUT2D eigenvalue weighted by Gasteiger charge is 2.37. The van der Waals surface area contributed by atoms with Crippen LogP contribution in [0.5, 0.6) is 0 Å². The number of carbonyl (C=O) groups excluding carboxylic acids is 3. The summed E-state index contributed by atoms with van der Waals surface area (Å²) in [6, 6.07) is 14.3. The summed E-state index contributed by atoms with van der Waals surface area (Å²) in [5.74, 6) is -1.35. The van der Waals surface area contributed by atoms with Crippen molar-refractivity contribution < 1.29 is 14.4 Å². The van der Waals surface area contributed by atoms with Crippen molar-refractivity contribution in [2.75, 3.05) is 4.90 Å². The summed E-state index contributed by atoms with van der Waals surface area (Å²) in [7, 11) is 0. The van der Waals surface area contributed by atoms with E-state index in [9.17, 15) is 14.4 Å². The summed E-state index contributed by atoms with van der Waals surface area (Å²) in [4.78, 5) is 39.3. The minimum absolute atomic E-state index is 0.0878. The molecule has 1 N–H and O–H groups in total. The van der Waals surface area contributed by atoms with E-state index in [0.29, 0.717) is 5.69 Å². The molecule has 0 aliphatic carbocycles. The third-order valence-electron chi connectivity index (χ3n) is 5.63. The summed E-state index contributed by atoms with van der Waals surface area (Å²) in [6.45, 7) is 7.82. The number of hydrogen-bond acceptors (Lipinski definition) is 3. The quantitative estimate of drug-likeness (QED) is 0.407. The largest absolute Gasteiger partial charge is 0.335 e. The van der Waals surface area contributed by atoms with Crippen molar-refractivity contribution in [3.05, 3.63) is 86.7 Å². The third kappa shape index (κ3) is 3.69. The van der Waals surface area contributed by atoms with Gasteiger partial charge in [0.2, 0.25) is 0 Å². The Balaban J connectivity index is 1.78. The van der Waals surface area contributed by atoms with Gasteiger partial charge < -0.3 is 4.57 Å². The van der Waals surface area contributed by atoms with E-state index in [1.54, 1.807) is 24.3 Å². The van der Waals surface area contributed by atoms with E-state index in [0.717, 1.165) is 43.1 Å². The number of halogens is 1. The molecule has 0 radical (unpaired) electrons. The van der Waals surface area contributed by atoms with Crippen molar-refractivity contribution in [3.63, 3.8) is 0 Å². The second-order valence-electron chi connectivity index (χ2n) is 7.84. The van der Waals surface area contributed by atoms with Gasteiger partial charge in [-0.2, -0.15) is 0 Å². The van der Waals surface area contributed by atoms with Crippen molar-refractivity contribution >= 4 is 45.5 Å². The molecule has 1 aromatic heterocycles. The van der Waals surface area contributed by atoms with Gasteiger partial charge in [-0.1, -0.05) is 34.1 Å². The average Bonchev–Trinajstić information content (AvgIpc) is 3.01. The minimum atomic E-state index is -0.760. The monoisotopic (exact) mass is 491 g/mol. The molecule has 0 atom stereocenters. The molecular formula is C25H22BrN3O3. The number of amides is 4. The molecule has 1 aliphatic heterocycles. The van der Waals surface area contributed by atoms with Crippen LogP contribution >= 0.6 is 15.9 Å². The summed E-state index contributed by atoms with van der Waals surface area (Å²) in [5, 5.41) is 2.28. The molecule has 162 valence electrons. The van der Waals surface area contributed by atoms with Crippen LogP contribution in [0.25, 0.3) is 11.8 Å². The Kier molecular flexibility index (Phi) is 5.60. The number of para-hydroxylation sites is 1. The lowest BCUT2D eigenvalue weighted by Crippen LogP contribution is -2.54. The van der Waals surface area contributed by atoms with Gasteiger partial charge in [0.05, 0.1) is 5.69 Å². The molecule has 3 aromatic rings. The number of rotatable bonds is 3. The Morgan fingerprint density at radius 2 is 1.62 bits per heavy atom. The van der Waals surface area contributed by atoms with E-state index >= 15 is 0 Å². The molecule has 1 aliphatic rings. The van der Waals surface area contributed by atoms with Crippen molar-refractivity contribution in [1.29, 1.82) is 0 Å². The second-order valence-corrected chi connectivity index (χ2v) is 8.69. The van der Waals surface area contributed by atoms with Crippen LogP contribution in [0.3, 0.4) is 0 Å². The lowest BCUT2D eigenvalue weighted by Gasteiger charge is -2.26. The summed E-state index contributed by atoms with van der Waals surface area (Å²) >= 11 is 3.42. The number of anilines is 1. The van der Waals surface area contributed by atoms with E-state index in [-0.39, 0.29) is 5.57 Å². The first-order valence-corrected chi connectivity index (χ1v) is 10.9. The zero-order valence-corrected chi connectivity index (χ0v) is 19.8. The molecule has 7 heteroatoms. The van der Waals surface area contributed by atoms with Gasteiger partial charge in [-0.15, -0.1) is 0 Å². The maximum Gasteiger partial charge on any atom is 0.335 e. The van der Waals surface area contributed by atoms with E-state index in [1.165, 1.54) is 0 Å². The highest BCUT2D eigenvalue weighted by molar-refractivity contribution is 9.10. The van der Waals surface area contributed by atoms with Crippen molar-refractivity contribution in [1.82, 2.24) is 9.88 Å². The average molecular weight is 492 g/mol. The van der Waals surface area contributed by atoms with Crippen LogP contribution in [-0.4, -0.2) is 22.4 Å². The molecule has 1 saturated heterocycles. The first-order valence-electron chi connectivity index (χ1n) is 10.1. The number of carbonyl (C=O) groups is 3. The van der Waals surface area contributed by atoms with Crippen LogP contribution in [0.15, 0.2) is 58.6 Å². The number of nitrogens with zero attached hydrogens (tertiary/aromatic N) is 2. The van der Waals surface area contributed by atoms with Crippen LogP contribution in [0.2, 0.25) is 0 Å². The lowest BCUT2D eigenvalue weighted by molar-refractivity contribution is -0.122. The van der Waals surface area contributed by atoms with Gasteiger partial charge >= 0.3 is 6.03 Å². The first kappa shape index (κ1) is 21.8. The molecule has 32 heavy (non-hydrogen) atoms. The van der Waals surface area contributed by atoms with Crippen molar-refractivity contribution in [3.8, 4) is 5.69 Å². The lowest BCUT2D eigenvalue weighted by atomic mass is 10.1. The maximum absolute atomic E-state index is 13.2. The SMILES string of the molecule is Cc1cc(N2C(=O)NC(=O)/C(=C\c3cc(C)n(-c4ccccc4C)c3C)C2=O)ccc1Br. The second kappa shape index (κ2) is 8.24. The number of hydrogen-bond donors (Lipinski definition) is 1. The van der Waals surface area contributed by atoms with Gasteiger partial charge in [-0.25, -0.2) is 9.69 Å². The molecule has 4 amide bonds. The van der Waals surface area contributed by atoms with E-state index < -0.39 is 17.8 Å². The molecule has 2 aromatic carbocycles. The van der Waals surface area contributed by atoms with Gasteiger partial charge in [0, 0.05) is 21.5 Å². The zero-order chi connectivity index (χ0) is 23.2. The zero-order valence-electron chi connectivity index (χ0n) is 18.2. The predicted molar refractivity (Wildman–Crippen MR) is 128 cm³/mol. The number of nitrogens with one attached hydrogen (secondary N) is 1. The number of imide groups is 2. The summed E-state index contributed by atoms with van der Waals surface area (Å²) < 4.78 is 2.95. The topological polar surface area (TPSA) is 71.4 Å². The van der Waals surface area contributed by atoms with Crippen LogP contribution < -0.4 is 10.2 Å². The van der Waals surface area contributed by atoms with Gasteiger partial charge in [-0.3, -0.25) is 14.9 Å². The normalized spacial score (nSPS) is 15.5. The highest BCUT2D eigenvalue weighted by atomic mass is 79.9. The molecule has 2 heterocycles. The van der Waals surface area contributed by atoms with Crippen molar-refractivity contribution in [2.45, 2.75) is 27.7 Å². The molecular weight excluding hydrogens is 470 g/mol. The summed E-state index contributed by atoms with van der Waals surface area (Å²) in [6.07, 6.45) is 1.56.